The lowest BCUT2D eigenvalue weighted by Crippen LogP contribution is -2.54. The molecule has 31 heavy (non-hydrogen) atoms. The van der Waals surface area contributed by atoms with Gasteiger partial charge in [-0.2, -0.15) is 0 Å². The van der Waals surface area contributed by atoms with E-state index in [9.17, 15) is 24.9 Å². The van der Waals surface area contributed by atoms with Crippen LogP contribution in [0.5, 0.6) is 0 Å². The highest BCUT2D eigenvalue weighted by molar-refractivity contribution is 5.75. The van der Waals surface area contributed by atoms with Gasteiger partial charge in [-0.15, -0.1) is 0 Å². The Labute approximate surface area is 185 Å². The number of esters is 1. The van der Waals surface area contributed by atoms with E-state index in [1.54, 1.807) is 0 Å². The summed E-state index contributed by atoms with van der Waals surface area (Å²) in [7, 11) is 0. The van der Waals surface area contributed by atoms with Crippen LogP contribution in [0.4, 0.5) is 0 Å². The molecule has 0 spiro atoms. The third-order valence-corrected chi connectivity index (χ3v) is 5.77. The van der Waals surface area contributed by atoms with E-state index in [1.165, 1.54) is 44.0 Å². The molecule has 1 aliphatic heterocycles. The smallest absolute Gasteiger partial charge is 0.308 e. The number of rotatable bonds is 16. The molecular weight excluding hydrogens is 406 g/mol. The molecule has 9 heteroatoms. The lowest BCUT2D eigenvalue weighted by Gasteiger charge is -2.38. The normalized spacial score (nSPS) is 24.5. The quantitative estimate of drug-likeness (QED) is 0.104. The van der Waals surface area contributed by atoms with Crippen LogP contribution in [0.25, 0.3) is 0 Å². The Morgan fingerprint density at radius 2 is 1.71 bits per heavy atom. The molecular formula is C22H41NO8. The van der Waals surface area contributed by atoms with Crippen LogP contribution in [-0.4, -0.2) is 70.0 Å². The van der Waals surface area contributed by atoms with Crippen LogP contribution in [0.15, 0.2) is 0 Å². The maximum absolute atomic E-state index is 12.3. The Balaban J connectivity index is 2.34. The minimum atomic E-state index is -1.31. The van der Waals surface area contributed by atoms with Gasteiger partial charge in [0.1, 0.15) is 18.3 Å². The molecule has 9 nitrogen and oxygen atoms in total. The fourth-order valence-electron chi connectivity index (χ4n) is 3.90. The number of aliphatic hydroxyl groups is 3. The summed E-state index contributed by atoms with van der Waals surface area (Å²) in [6, 6.07) is 0. The van der Waals surface area contributed by atoms with Crippen LogP contribution in [0.1, 0.15) is 84.0 Å². The zero-order valence-corrected chi connectivity index (χ0v) is 18.7. The van der Waals surface area contributed by atoms with Crippen molar-refractivity contribution in [2.45, 2.75) is 108 Å². The zero-order chi connectivity index (χ0) is 23.1. The monoisotopic (exact) mass is 447 g/mol. The van der Waals surface area contributed by atoms with Crippen LogP contribution < -0.4 is 5.48 Å². The number of unbranched alkanes of at least 4 members (excludes halogenated alkanes) is 8. The van der Waals surface area contributed by atoms with Crippen molar-refractivity contribution in [1.82, 2.24) is 5.48 Å². The van der Waals surface area contributed by atoms with Gasteiger partial charge in [-0.3, -0.25) is 14.8 Å². The number of aliphatic hydroxyl groups excluding tert-OH is 3. The summed E-state index contributed by atoms with van der Waals surface area (Å²) < 4.78 is 10.7. The number of hydrogen-bond acceptors (Lipinski definition) is 8. The van der Waals surface area contributed by atoms with E-state index in [1.807, 2.05) is 0 Å². The van der Waals surface area contributed by atoms with Crippen LogP contribution in [0.2, 0.25) is 0 Å². The van der Waals surface area contributed by atoms with E-state index in [0.717, 1.165) is 19.3 Å². The largest absolute Gasteiger partial charge is 0.459 e. The van der Waals surface area contributed by atoms with E-state index in [2.05, 4.69) is 6.92 Å². The van der Waals surface area contributed by atoms with Gasteiger partial charge in [0, 0.05) is 12.3 Å². The average molecular weight is 448 g/mol. The maximum atomic E-state index is 12.3. The highest BCUT2D eigenvalue weighted by Gasteiger charge is 2.42. The molecule has 0 aliphatic carbocycles. The molecule has 0 aromatic heterocycles. The third-order valence-electron chi connectivity index (χ3n) is 5.77. The number of carbonyl (C=O) groups excluding carboxylic acids is 2. The highest BCUT2D eigenvalue weighted by Crippen LogP contribution is 2.26. The molecule has 0 radical (unpaired) electrons. The molecule has 1 aliphatic rings. The number of hydrogen-bond donors (Lipinski definition) is 5. The topological polar surface area (TPSA) is 146 Å². The van der Waals surface area contributed by atoms with Crippen molar-refractivity contribution < 1.29 is 39.6 Å². The van der Waals surface area contributed by atoms with Crippen molar-refractivity contribution in [3.05, 3.63) is 0 Å². The van der Waals surface area contributed by atoms with Gasteiger partial charge < -0.3 is 24.8 Å². The van der Waals surface area contributed by atoms with Gasteiger partial charge >= 0.3 is 5.97 Å². The molecule has 5 atom stereocenters. The molecule has 1 rings (SSSR count). The summed E-state index contributed by atoms with van der Waals surface area (Å²) in [5.41, 5.74) is 1.50. The van der Waals surface area contributed by atoms with Crippen LogP contribution in [0.3, 0.4) is 0 Å². The minimum Gasteiger partial charge on any atom is -0.459 e. The SMILES string of the molecule is CCCCCCCCCCC[C@@H](O)CC(=O)O[C@@H]1[C@@H](CC(=O)NO)CO[C@H](CO)[C@H]1O. The van der Waals surface area contributed by atoms with E-state index in [-0.39, 0.29) is 19.4 Å². The van der Waals surface area contributed by atoms with Crippen molar-refractivity contribution in [2.75, 3.05) is 13.2 Å². The standard InChI is InChI=1S/C22H41NO8/c1-2-3-4-5-6-7-8-9-10-11-17(25)13-20(27)31-22-16(12-19(26)23-29)15-30-18(14-24)21(22)28/h16-18,21-22,24-25,28-29H,2-15H2,1H3,(H,23,26)/t16-,17+,18+,21+,22+/m0/s1. The summed E-state index contributed by atoms with van der Waals surface area (Å²) >= 11 is 0. The Morgan fingerprint density at radius 3 is 2.29 bits per heavy atom. The second-order valence-electron chi connectivity index (χ2n) is 8.47. The predicted molar refractivity (Wildman–Crippen MR) is 113 cm³/mol. The number of ether oxygens (including phenoxy) is 2. The van der Waals surface area contributed by atoms with Gasteiger partial charge in [-0.1, -0.05) is 64.7 Å². The molecule has 1 heterocycles. The van der Waals surface area contributed by atoms with Crippen molar-refractivity contribution in [2.24, 2.45) is 5.92 Å². The Kier molecular flexibility index (Phi) is 14.7. The highest BCUT2D eigenvalue weighted by atomic mass is 16.6. The lowest BCUT2D eigenvalue weighted by atomic mass is 9.89. The van der Waals surface area contributed by atoms with Gasteiger partial charge in [0.2, 0.25) is 5.91 Å². The van der Waals surface area contributed by atoms with E-state index < -0.39 is 48.8 Å². The fraction of sp³-hybridized carbons (Fsp3) is 0.909. The van der Waals surface area contributed by atoms with Crippen LogP contribution in [0, 0.1) is 5.92 Å². The Bertz CT molecular complexity index is 504. The molecule has 1 fully saturated rings. The number of carbonyl (C=O) groups is 2. The number of nitrogens with one attached hydrogen (secondary N) is 1. The van der Waals surface area contributed by atoms with E-state index >= 15 is 0 Å². The van der Waals surface area contributed by atoms with Crippen molar-refractivity contribution in [3.8, 4) is 0 Å². The lowest BCUT2D eigenvalue weighted by molar-refractivity contribution is -0.201. The van der Waals surface area contributed by atoms with Gasteiger partial charge in [0.15, 0.2) is 0 Å². The first kappa shape index (κ1) is 27.8. The molecule has 0 bridgehead atoms. The summed E-state index contributed by atoms with van der Waals surface area (Å²) in [5.74, 6) is -2.06. The minimum absolute atomic E-state index is 0.0192. The first-order chi connectivity index (χ1) is 14.9. The van der Waals surface area contributed by atoms with Crippen LogP contribution >= 0.6 is 0 Å². The van der Waals surface area contributed by atoms with Gasteiger partial charge in [0.05, 0.1) is 25.7 Å². The van der Waals surface area contributed by atoms with Gasteiger partial charge in [0.25, 0.3) is 0 Å². The molecule has 1 saturated heterocycles. The first-order valence-electron chi connectivity index (χ1n) is 11.6. The molecule has 182 valence electrons. The summed E-state index contributed by atoms with van der Waals surface area (Å²) in [6.07, 6.45) is 6.43. The Hall–Kier alpha value is -1.26. The van der Waals surface area contributed by atoms with Crippen molar-refractivity contribution in [3.63, 3.8) is 0 Å². The third kappa shape index (κ3) is 11.2. The molecule has 0 aromatic carbocycles. The zero-order valence-electron chi connectivity index (χ0n) is 18.7. The molecule has 0 saturated carbocycles. The van der Waals surface area contributed by atoms with E-state index in [0.29, 0.717) is 6.42 Å². The number of amides is 1. The molecule has 1 amide bonds. The maximum Gasteiger partial charge on any atom is 0.308 e. The first-order valence-corrected chi connectivity index (χ1v) is 11.6. The molecule has 5 N–H and O–H groups in total. The molecule has 0 unspecified atom stereocenters. The summed E-state index contributed by atoms with van der Waals surface area (Å²) in [6.45, 7) is 1.72. The summed E-state index contributed by atoms with van der Waals surface area (Å²) in [5, 5.41) is 38.5. The van der Waals surface area contributed by atoms with E-state index in [4.69, 9.17) is 14.7 Å². The average Bonchev–Trinajstić information content (AvgIpc) is 2.75. The summed E-state index contributed by atoms with van der Waals surface area (Å²) in [4.78, 5) is 23.8. The second kappa shape index (κ2) is 16.4. The van der Waals surface area contributed by atoms with Crippen molar-refractivity contribution >= 4 is 11.9 Å². The molecule has 0 aromatic rings. The predicted octanol–water partition coefficient (Wildman–Crippen LogP) is 1.83. The Morgan fingerprint density at radius 1 is 1.10 bits per heavy atom. The fourth-order valence-corrected chi connectivity index (χ4v) is 3.90. The van der Waals surface area contributed by atoms with Crippen LogP contribution in [-0.2, 0) is 19.1 Å². The van der Waals surface area contributed by atoms with Crippen molar-refractivity contribution in [1.29, 1.82) is 0 Å². The van der Waals surface area contributed by atoms with Gasteiger partial charge in [-0.05, 0) is 6.42 Å². The number of hydroxylamine groups is 1. The second-order valence-corrected chi connectivity index (χ2v) is 8.47. The van der Waals surface area contributed by atoms with Gasteiger partial charge in [-0.25, -0.2) is 5.48 Å².